The molecule has 0 N–H and O–H groups in total. The van der Waals surface area contributed by atoms with Crippen molar-refractivity contribution in [3.63, 3.8) is 0 Å². The Morgan fingerprint density at radius 1 is 0.837 bits per heavy atom. The maximum atomic E-state index is 14.9. The third-order valence-corrected chi connectivity index (χ3v) is 9.01. The number of aliphatic imine (C=N–C) groups is 1. The van der Waals surface area contributed by atoms with Gasteiger partial charge in [-0.25, -0.2) is 0 Å². The van der Waals surface area contributed by atoms with Crippen molar-refractivity contribution in [3.05, 3.63) is 102 Å². The number of methoxy groups -OCH3 is 1. The fourth-order valence-corrected chi connectivity index (χ4v) is 6.57. The zero-order chi connectivity index (χ0) is 30.4. The van der Waals surface area contributed by atoms with Crippen LogP contribution in [0.1, 0.15) is 23.1 Å². The molecule has 10 heteroatoms. The number of rotatable bonds is 11. The number of hydrogen-bond donors (Lipinski definition) is 0. The van der Waals surface area contributed by atoms with Crippen LogP contribution >= 0.6 is 11.8 Å². The molecular formula is C33H37F3N2O4S. The van der Waals surface area contributed by atoms with Gasteiger partial charge in [0, 0.05) is 14.1 Å². The van der Waals surface area contributed by atoms with Gasteiger partial charge in [0.1, 0.15) is 29.4 Å². The van der Waals surface area contributed by atoms with Gasteiger partial charge in [-0.15, -0.1) is 0 Å². The number of halogens is 3. The Balaban J connectivity index is 1.47. The van der Waals surface area contributed by atoms with E-state index in [-0.39, 0.29) is 26.1 Å². The number of nitrogens with zero attached hydrogens (tertiary/aromatic N) is 2. The molecule has 0 aliphatic carbocycles. The summed E-state index contributed by atoms with van der Waals surface area (Å²) in [7, 11) is 5.27. The first-order chi connectivity index (χ1) is 20.7. The largest absolute Gasteiger partial charge is 0.497 e. The molecule has 2 heterocycles. The summed E-state index contributed by atoms with van der Waals surface area (Å²) < 4.78 is 69.3. The van der Waals surface area contributed by atoms with Crippen molar-refractivity contribution in [2.24, 2.45) is 10.9 Å². The summed E-state index contributed by atoms with van der Waals surface area (Å²) in [6, 6.07) is 25.6. The monoisotopic (exact) mass is 614 g/mol. The minimum atomic E-state index is -4.53. The predicted molar refractivity (Wildman–Crippen MR) is 162 cm³/mol. The van der Waals surface area contributed by atoms with Crippen molar-refractivity contribution >= 4 is 16.9 Å². The molecule has 6 nitrogen and oxygen atoms in total. The lowest BCUT2D eigenvalue weighted by atomic mass is 9.85. The molecule has 0 spiro atoms. The van der Waals surface area contributed by atoms with E-state index in [1.54, 1.807) is 31.4 Å². The first-order valence-corrected chi connectivity index (χ1v) is 15.2. The molecule has 5 rings (SSSR count). The summed E-state index contributed by atoms with van der Waals surface area (Å²) in [6.45, 7) is 0.334. The Morgan fingerprint density at radius 2 is 1.42 bits per heavy atom. The molecule has 6 atom stereocenters. The molecule has 0 bridgehead atoms. The topological polar surface area (TPSA) is 52.5 Å². The molecular weight excluding hydrogens is 577 g/mol. The number of ether oxygens (including phenoxy) is 4. The highest BCUT2D eigenvalue weighted by Crippen LogP contribution is 2.45. The fourth-order valence-electron chi connectivity index (χ4n) is 5.43. The maximum absolute atomic E-state index is 14.9. The molecule has 0 aromatic heterocycles. The van der Waals surface area contributed by atoms with E-state index in [1.165, 1.54) is 11.8 Å². The molecule has 1 unspecified atom stereocenters. The van der Waals surface area contributed by atoms with Crippen molar-refractivity contribution in [2.75, 3.05) is 21.2 Å². The second kappa shape index (κ2) is 14.2. The van der Waals surface area contributed by atoms with Crippen LogP contribution in [-0.2, 0) is 33.8 Å². The van der Waals surface area contributed by atoms with Gasteiger partial charge in [0.05, 0.1) is 32.3 Å². The molecule has 43 heavy (non-hydrogen) atoms. The van der Waals surface area contributed by atoms with Crippen LogP contribution in [0.15, 0.2) is 89.9 Å². The molecule has 3 aromatic carbocycles. The maximum Gasteiger partial charge on any atom is 0.394 e. The summed E-state index contributed by atoms with van der Waals surface area (Å²) in [5.41, 5.74) is 1.92. The van der Waals surface area contributed by atoms with Gasteiger partial charge in [-0.3, -0.25) is 4.99 Å². The standard InChI is InChI=1S/C33H37F3N2O4S/c1-38(2)32-37-27-29(40-20-23-10-6-4-7-11-23)30(41-21-24-12-8-5-9-13-24)28(42-31(27)43-32)26(33(34,35)36)19-16-22-14-17-25(39-3)18-15-22/h4-15,17-18,26-31H,16,19-21H2,1-3H3/t26?,27-,28-,29-,30-,31-/m1/s1. The van der Waals surface area contributed by atoms with E-state index in [4.69, 9.17) is 23.9 Å². The van der Waals surface area contributed by atoms with Crippen LogP contribution in [-0.4, -0.2) is 67.2 Å². The number of amidine groups is 1. The third kappa shape index (κ3) is 7.92. The summed E-state index contributed by atoms with van der Waals surface area (Å²) in [5, 5.41) is 0.688. The lowest BCUT2D eigenvalue weighted by molar-refractivity contribution is -0.265. The molecule has 0 saturated carbocycles. The molecule has 3 aromatic rings. The normalized spacial score (nSPS) is 24.2. The lowest BCUT2D eigenvalue weighted by Crippen LogP contribution is -2.60. The van der Waals surface area contributed by atoms with Crippen molar-refractivity contribution < 1.29 is 32.1 Å². The van der Waals surface area contributed by atoms with Crippen LogP contribution in [0.3, 0.4) is 0 Å². The second-order valence-electron chi connectivity index (χ2n) is 10.9. The van der Waals surface area contributed by atoms with Gasteiger partial charge in [0.25, 0.3) is 0 Å². The van der Waals surface area contributed by atoms with E-state index in [2.05, 4.69) is 0 Å². The molecule has 0 amide bonds. The number of benzene rings is 3. The van der Waals surface area contributed by atoms with E-state index in [9.17, 15) is 13.2 Å². The van der Waals surface area contributed by atoms with Gasteiger partial charge >= 0.3 is 6.18 Å². The van der Waals surface area contributed by atoms with Crippen LogP contribution in [0.5, 0.6) is 5.75 Å². The molecule has 2 aliphatic rings. The average molecular weight is 615 g/mol. The molecule has 1 fully saturated rings. The highest BCUT2D eigenvalue weighted by molar-refractivity contribution is 8.14. The summed E-state index contributed by atoms with van der Waals surface area (Å²) in [5.74, 6) is -1.14. The van der Waals surface area contributed by atoms with Crippen LogP contribution < -0.4 is 4.74 Å². The van der Waals surface area contributed by atoms with Crippen LogP contribution in [0, 0.1) is 5.92 Å². The van der Waals surface area contributed by atoms with E-state index >= 15 is 0 Å². The van der Waals surface area contributed by atoms with E-state index < -0.39 is 41.9 Å². The zero-order valence-corrected chi connectivity index (χ0v) is 25.3. The number of aryl methyl sites for hydroxylation is 1. The summed E-state index contributed by atoms with van der Waals surface area (Å²) in [4.78, 5) is 6.70. The zero-order valence-electron chi connectivity index (χ0n) is 24.4. The van der Waals surface area contributed by atoms with E-state index in [1.807, 2.05) is 79.7 Å². The molecule has 0 radical (unpaired) electrons. The van der Waals surface area contributed by atoms with E-state index in [0.717, 1.165) is 16.7 Å². The SMILES string of the molecule is COc1ccc(CCC([C@H]2O[C@@H]3SC(N(C)C)=N[C@@H]3[C@@H](OCc3ccccc3)[C@@H]2OCc2ccccc2)C(F)(F)F)cc1. The minimum absolute atomic E-state index is 0.119. The van der Waals surface area contributed by atoms with E-state index in [0.29, 0.717) is 10.9 Å². The van der Waals surface area contributed by atoms with Crippen LogP contribution in [0.25, 0.3) is 0 Å². The average Bonchev–Trinajstić information content (AvgIpc) is 3.44. The smallest absolute Gasteiger partial charge is 0.394 e. The lowest BCUT2D eigenvalue weighted by Gasteiger charge is -2.45. The van der Waals surface area contributed by atoms with Gasteiger partial charge in [-0.2, -0.15) is 13.2 Å². The van der Waals surface area contributed by atoms with Crippen molar-refractivity contribution in [2.45, 2.75) is 62.0 Å². The van der Waals surface area contributed by atoms with Crippen LogP contribution in [0.4, 0.5) is 13.2 Å². The van der Waals surface area contributed by atoms with Gasteiger partial charge in [0.2, 0.25) is 0 Å². The third-order valence-electron chi connectivity index (χ3n) is 7.71. The highest BCUT2D eigenvalue weighted by Gasteiger charge is 2.57. The predicted octanol–water partition coefficient (Wildman–Crippen LogP) is 6.74. The number of hydrogen-bond acceptors (Lipinski definition) is 7. The first kappa shape index (κ1) is 31.4. The number of alkyl halides is 3. The molecule has 1 saturated heterocycles. The molecule has 2 aliphatic heterocycles. The minimum Gasteiger partial charge on any atom is -0.497 e. The highest BCUT2D eigenvalue weighted by atomic mass is 32.2. The second-order valence-corrected chi connectivity index (χ2v) is 12.0. The van der Waals surface area contributed by atoms with Gasteiger partial charge in [-0.1, -0.05) is 84.6 Å². The Morgan fingerprint density at radius 3 is 1.95 bits per heavy atom. The fraction of sp³-hybridized carbons (Fsp3) is 0.424. The van der Waals surface area contributed by atoms with Crippen molar-refractivity contribution in [3.8, 4) is 5.75 Å². The van der Waals surface area contributed by atoms with Gasteiger partial charge in [-0.05, 0) is 41.7 Å². The number of fused-ring (bicyclic) bond motifs is 1. The van der Waals surface area contributed by atoms with Gasteiger partial charge in [0.15, 0.2) is 5.17 Å². The Labute approximate surface area is 255 Å². The number of thioether (sulfide) groups is 1. The van der Waals surface area contributed by atoms with Crippen molar-refractivity contribution in [1.29, 1.82) is 0 Å². The summed E-state index contributed by atoms with van der Waals surface area (Å²) >= 11 is 1.33. The van der Waals surface area contributed by atoms with Gasteiger partial charge < -0.3 is 23.8 Å². The first-order valence-electron chi connectivity index (χ1n) is 14.3. The Kier molecular flexibility index (Phi) is 10.3. The quantitative estimate of drug-likeness (QED) is 0.239. The van der Waals surface area contributed by atoms with Crippen molar-refractivity contribution in [1.82, 2.24) is 4.90 Å². The Hall–Kier alpha value is -3.05. The Bertz CT molecular complexity index is 1330. The summed E-state index contributed by atoms with van der Waals surface area (Å²) in [6.07, 6.45) is -7.55. The molecule has 230 valence electrons. The van der Waals surface area contributed by atoms with Crippen LogP contribution in [0.2, 0.25) is 0 Å².